The van der Waals surface area contributed by atoms with Gasteiger partial charge >= 0.3 is 5.63 Å². The second-order valence-corrected chi connectivity index (χ2v) is 9.49. The largest absolute Gasteiger partial charge is 0.493 e. The molecule has 184 valence electrons. The van der Waals surface area contributed by atoms with Gasteiger partial charge in [0.2, 0.25) is 5.79 Å². The zero-order valence-corrected chi connectivity index (χ0v) is 20.7. The number of hydrogen-bond donors (Lipinski definition) is 2. The fourth-order valence-electron chi connectivity index (χ4n) is 3.57. The predicted octanol–water partition coefficient (Wildman–Crippen LogP) is 2.98. The molecular weight excluding hydrogens is 446 g/mol. The number of nitrogens with two attached hydrogens (primary N) is 1. The van der Waals surface area contributed by atoms with Crippen LogP contribution in [-0.2, 0) is 14.3 Å². The summed E-state index contributed by atoms with van der Waals surface area (Å²) in [4.78, 5) is 29.8. The first-order valence-corrected chi connectivity index (χ1v) is 12.6. The molecule has 1 aromatic rings. The quantitative estimate of drug-likeness (QED) is 0.412. The summed E-state index contributed by atoms with van der Waals surface area (Å²) < 4.78 is 22.7. The lowest BCUT2D eigenvalue weighted by atomic mass is 10.1. The highest BCUT2D eigenvalue weighted by molar-refractivity contribution is 8.14. The number of rotatable bonds is 13. The number of thioether (sulfide) groups is 1. The lowest BCUT2D eigenvalue weighted by Crippen LogP contribution is -2.54. The Morgan fingerprint density at radius 3 is 2.64 bits per heavy atom. The van der Waals surface area contributed by atoms with E-state index in [2.05, 4.69) is 10.3 Å². The molecular formula is C23H35N3O6S. The maximum Gasteiger partial charge on any atom is 0.339 e. The van der Waals surface area contributed by atoms with Crippen molar-refractivity contribution >= 4 is 22.7 Å². The summed E-state index contributed by atoms with van der Waals surface area (Å²) in [6.07, 6.45) is 3.62. The van der Waals surface area contributed by atoms with Gasteiger partial charge in [0.25, 0.3) is 5.91 Å². The Morgan fingerprint density at radius 2 is 2.03 bits per heavy atom. The number of nitrogens with zero attached hydrogens (tertiary/aromatic N) is 1. The van der Waals surface area contributed by atoms with Gasteiger partial charge in [0.05, 0.1) is 18.7 Å². The number of aliphatic imine (C=N–C) groups is 1. The van der Waals surface area contributed by atoms with Crippen LogP contribution in [-0.4, -0.2) is 48.0 Å². The summed E-state index contributed by atoms with van der Waals surface area (Å²) in [6.45, 7) is 8.92. The van der Waals surface area contributed by atoms with Gasteiger partial charge in [-0.1, -0.05) is 13.3 Å². The lowest BCUT2D eigenvalue weighted by Gasteiger charge is -2.28. The van der Waals surface area contributed by atoms with E-state index in [-0.39, 0.29) is 5.75 Å². The summed E-state index contributed by atoms with van der Waals surface area (Å²) in [5.74, 6) is 0.0818. The SMILES string of the molecule is CCC[C@@H](NC(=O)[C@]1(N)CSC(C(C)(OCC)OCC)=N1)c1cc(OCC2CC2)cc(=O)o1. The number of ether oxygens (including phenoxy) is 3. The zero-order chi connectivity index (χ0) is 24.1. The Hall–Kier alpha value is -1.88. The van der Waals surface area contributed by atoms with Crippen LogP contribution in [0.3, 0.4) is 0 Å². The first-order valence-electron chi connectivity index (χ1n) is 11.6. The molecule has 3 N–H and O–H groups in total. The summed E-state index contributed by atoms with van der Waals surface area (Å²) >= 11 is 1.34. The first kappa shape index (κ1) is 25.7. The Morgan fingerprint density at radius 1 is 1.33 bits per heavy atom. The maximum atomic E-state index is 13.2. The molecule has 1 aliphatic heterocycles. The van der Waals surface area contributed by atoms with E-state index >= 15 is 0 Å². The molecule has 0 spiro atoms. The van der Waals surface area contributed by atoms with Crippen molar-refractivity contribution in [3.05, 3.63) is 28.3 Å². The zero-order valence-electron chi connectivity index (χ0n) is 19.8. The Balaban J connectivity index is 1.77. The molecule has 1 aliphatic carbocycles. The monoisotopic (exact) mass is 481 g/mol. The molecule has 9 nitrogen and oxygen atoms in total. The highest BCUT2D eigenvalue weighted by Gasteiger charge is 2.46. The van der Waals surface area contributed by atoms with Crippen molar-refractivity contribution in [2.45, 2.75) is 70.9 Å². The van der Waals surface area contributed by atoms with Crippen LogP contribution in [0.2, 0.25) is 0 Å². The van der Waals surface area contributed by atoms with Crippen LogP contribution in [0.5, 0.6) is 5.75 Å². The molecule has 33 heavy (non-hydrogen) atoms. The van der Waals surface area contributed by atoms with Gasteiger partial charge < -0.3 is 23.9 Å². The van der Waals surface area contributed by atoms with Gasteiger partial charge in [0, 0.05) is 25.0 Å². The van der Waals surface area contributed by atoms with Crippen LogP contribution in [0, 0.1) is 5.92 Å². The molecule has 0 saturated heterocycles. The van der Waals surface area contributed by atoms with E-state index in [9.17, 15) is 9.59 Å². The van der Waals surface area contributed by atoms with Crippen LogP contribution in [0.25, 0.3) is 0 Å². The fraction of sp³-hybridized carbons (Fsp3) is 0.696. The van der Waals surface area contributed by atoms with E-state index < -0.39 is 29.0 Å². The number of amides is 1. The van der Waals surface area contributed by atoms with Crippen molar-refractivity contribution in [1.82, 2.24) is 5.32 Å². The van der Waals surface area contributed by atoms with Gasteiger partial charge in [0.15, 0.2) is 5.66 Å². The van der Waals surface area contributed by atoms with E-state index in [1.807, 2.05) is 20.8 Å². The van der Waals surface area contributed by atoms with Gasteiger partial charge in [-0.25, -0.2) is 9.79 Å². The second-order valence-electron chi connectivity index (χ2n) is 8.53. The lowest BCUT2D eigenvalue weighted by molar-refractivity contribution is -0.169. The number of hydrogen-bond acceptors (Lipinski definition) is 9. The minimum Gasteiger partial charge on any atom is -0.493 e. The van der Waals surface area contributed by atoms with Crippen molar-refractivity contribution in [2.24, 2.45) is 16.6 Å². The third-order valence-electron chi connectivity index (χ3n) is 5.52. The van der Waals surface area contributed by atoms with Crippen molar-refractivity contribution in [1.29, 1.82) is 0 Å². The molecule has 10 heteroatoms. The standard InChI is InChI=1S/C23H35N3O6S/c1-5-8-17(18-11-16(12-19(27)32-18)29-13-15-9-10-15)25-20(28)23(24)14-33-21(26-23)22(4,30-6-2)31-7-3/h11-12,15,17H,5-10,13-14,24H2,1-4H3,(H,25,28)/t17-,23+/m1/s1. The van der Waals surface area contributed by atoms with E-state index in [0.29, 0.717) is 48.7 Å². The third kappa shape index (κ3) is 6.59. The number of carbonyl (C=O) groups excluding carboxylic acids is 1. The summed E-state index contributed by atoms with van der Waals surface area (Å²) in [6, 6.07) is 2.47. The smallest absolute Gasteiger partial charge is 0.339 e. The average molecular weight is 482 g/mol. The van der Waals surface area contributed by atoms with Crippen molar-refractivity contribution in [3.8, 4) is 5.75 Å². The molecule has 0 unspecified atom stereocenters. The Labute approximate surface area is 198 Å². The highest BCUT2D eigenvalue weighted by Crippen LogP contribution is 2.34. The van der Waals surface area contributed by atoms with Gasteiger partial charge in [-0.3, -0.25) is 10.5 Å². The molecule has 0 aromatic carbocycles. The molecule has 1 saturated carbocycles. The van der Waals surface area contributed by atoms with Gasteiger partial charge in [0.1, 0.15) is 16.6 Å². The number of nitrogens with one attached hydrogen (secondary N) is 1. The minimum absolute atomic E-state index is 0.247. The first-order chi connectivity index (χ1) is 15.7. The Bertz CT molecular complexity index is 910. The van der Waals surface area contributed by atoms with Crippen LogP contribution >= 0.6 is 11.8 Å². The maximum absolute atomic E-state index is 13.2. The summed E-state index contributed by atoms with van der Waals surface area (Å²) in [5.41, 5.74) is 4.40. The molecule has 0 radical (unpaired) electrons. The van der Waals surface area contributed by atoms with Gasteiger partial charge in [-0.2, -0.15) is 0 Å². The molecule has 0 bridgehead atoms. The molecule has 2 aliphatic rings. The topological polar surface area (TPSA) is 125 Å². The van der Waals surface area contributed by atoms with Gasteiger partial charge in [-0.15, -0.1) is 11.8 Å². The van der Waals surface area contributed by atoms with Gasteiger partial charge in [-0.05, 0) is 46.0 Å². The Kier molecular flexibility index (Phi) is 8.60. The van der Waals surface area contributed by atoms with E-state index in [0.717, 1.165) is 19.3 Å². The third-order valence-corrected chi connectivity index (χ3v) is 6.84. The predicted molar refractivity (Wildman–Crippen MR) is 127 cm³/mol. The van der Waals surface area contributed by atoms with Crippen LogP contribution in [0.1, 0.15) is 65.2 Å². The van der Waals surface area contributed by atoms with E-state index in [1.54, 1.807) is 13.0 Å². The molecule has 2 heterocycles. The highest BCUT2D eigenvalue weighted by atomic mass is 32.2. The van der Waals surface area contributed by atoms with Crippen LogP contribution in [0.4, 0.5) is 0 Å². The average Bonchev–Trinajstić information content (AvgIpc) is 3.51. The summed E-state index contributed by atoms with van der Waals surface area (Å²) in [5, 5.41) is 3.46. The van der Waals surface area contributed by atoms with Crippen molar-refractivity contribution in [3.63, 3.8) is 0 Å². The van der Waals surface area contributed by atoms with Crippen LogP contribution < -0.4 is 21.4 Å². The molecule has 2 atom stereocenters. The van der Waals surface area contributed by atoms with Crippen LogP contribution in [0.15, 0.2) is 26.3 Å². The molecule has 1 aromatic heterocycles. The molecule has 1 amide bonds. The molecule has 3 rings (SSSR count). The van der Waals surface area contributed by atoms with E-state index in [1.165, 1.54) is 17.8 Å². The van der Waals surface area contributed by atoms with E-state index in [4.69, 9.17) is 24.4 Å². The summed E-state index contributed by atoms with van der Waals surface area (Å²) in [7, 11) is 0. The fourth-order valence-corrected chi connectivity index (χ4v) is 4.73. The minimum atomic E-state index is -1.48. The van der Waals surface area contributed by atoms with Crippen molar-refractivity contribution < 1.29 is 23.4 Å². The number of carbonyl (C=O) groups is 1. The van der Waals surface area contributed by atoms with Crippen molar-refractivity contribution in [2.75, 3.05) is 25.6 Å². The molecule has 1 fully saturated rings. The normalized spacial score (nSPS) is 21.5. The second kappa shape index (κ2) is 11.0.